The number of nitrogens with zero attached hydrogens (tertiary/aromatic N) is 4. The monoisotopic (exact) mass is 332 g/mol. The topological polar surface area (TPSA) is 49.3 Å². The molecule has 0 bridgehead atoms. The molecule has 1 aliphatic heterocycles. The third-order valence-electron chi connectivity index (χ3n) is 4.61. The summed E-state index contributed by atoms with van der Waals surface area (Å²) in [5.41, 5.74) is 2.60. The molecule has 1 aliphatic rings. The van der Waals surface area contributed by atoms with Crippen LogP contribution in [0.2, 0.25) is 0 Å². The second-order valence-corrected chi connectivity index (χ2v) is 6.32. The van der Waals surface area contributed by atoms with E-state index in [0.29, 0.717) is 5.69 Å². The lowest BCUT2D eigenvalue weighted by atomic mass is 10.2. The number of fused-ring (bicyclic) bond motifs is 1. The zero-order chi connectivity index (χ0) is 17.1. The van der Waals surface area contributed by atoms with Gasteiger partial charge in [-0.2, -0.15) is 0 Å². The van der Waals surface area contributed by atoms with Crippen LogP contribution in [-0.2, 0) is 6.54 Å². The van der Waals surface area contributed by atoms with Gasteiger partial charge in [0.25, 0.3) is 5.91 Å². The smallest absolute Gasteiger partial charge is 0.272 e. The number of piperazine rings is 1. The van der Waals surface area contributed by atoms with Gasteiger partial charge in [-0.3, -0.25) is 14.7 Å². The average molecular weight is 332 g/mol. The van der Waals surface area contributed by atoms with Crippen LogP contribution in [0.3, 0.4) is 0 Å². The van der Waals surface area contributed by atoms with Crippen LogP contribution in [0.4, 0.5) is 0 Å². The molecule has 0 atom stereocenters. The van der Waals surface area contributed by atoms with Crippen molar-refractivity contribution in [3.63, 3.8) is 0 Å². The van der Waals surface area contributed by atoms with Crippen molar-refractivity contribution in [3.8, 4) is 0 Å². The zero-order valence-electron chi connectivity index (χ0n) is 14.0. The highest BCUT2D eigenvalue weighted by Gasteiger charge is 2.23. The van der Waals surface area contributed by atoms with E-state index in [-0.39, 0.29) is 5.91 Å². The summed E-state index contributed by atoms with van der Waals surface area (Å²) in [5.74, 6) is 0.0202. The van der Waals surface area contributed by atoms with E-state index in [0.717, 1.165) is 43.6 Å². The second kappa shape index (κ2) is 6.99. The number of benzene rings is 1. The fourth-order valence-corrected chi connectivity index (χ4v) is 3.21. The molecular weight excluding hydrogens is 312 g/mol. The lowest BCUT2D eigenvalue weighted by molar-refractivity contribution is 0.0623. The van der Waals surface area contributed by atoms with Crippen LogP contribution in [0, 0.1) is 0 Å². The lowest BCUT2D eigenvalue weighted by Gasteiger charge is -2.34. The van der Waals surface area contributed by atoms with Crippen molar-refractivity contribution in [2.75, 3.05) is 26.2 Å². The number of amides is 1. The summed E-state index contributed by atoms with van der Waals surface area (Å²) < 4.78 is 0. The quantitative estimate of drug-likeness (QED) is 0.740. The molecule has 5 nitrogen and oxygen atoms in total. The van der Waals surface area contributed by atoms with E-state index in [9.17, 15) is 4.79 Å². The summed E-state index contributed by atoms with van der Waals surface area (Å²) in [6, 6.07) is 15.7. The van der Waals surface area contributed by atoms with Crippen molar-refractivity contribution in [1.29, 1.82) is 0 Å². The summed E-state index contributed by atoms with van der Waals surface area (Å²) in [6.45, 7) is 4.08. The summed E-state index contributed by atoms with van der Waals surface area (Å²) in [7, 11) is 0. The Bertz CT molecular complexity index is 873. The van der Waals surface area contributed by atoms with Crippen LogP contribution in [0.15, 0.2) is 60.9 Å². The van der Waals surface area contributed by atoms with Crippen LogP contribution in [0.1, 0.15) is 16.1 Å². The van der Waals surface area contributed by atoms with Gasteiger partial charge in [-0.1, -0.05) is 30.3 Å². The number of hydrogen-bond acceptors (Lipinski definition) is 4. The van der Waals surface area contributed by atoms with Crippen LogP contribution in [0.25, 0.3) is 10.9 Å². The maximum Gasteiger partial charge on any atom is 0.272 e. The molecule has 0 spiro atoms. The zero-order valence-corrected chi connectivity index (χ0v) is 14.0. The van der Waals surface area contributed by atoms with Crippen LogP contribution < -0.4 is 0 Å². The van der Waals surface area contributed by atoms with Gasteiger partial charge in [0.1, 0.15) is 5.69 Å². The van der Waals surface area contributed by atoms with Crippen molar-refractivity contribution in [2.24, 2.45) is 0 Å². The average Bonchev–Trinajstić information content (AvgIpc) is 2.68. The van der Waals surface area contributed by atoms with Crippen LogP contribution in [-0.4, -0.2) is 51.9 Å². The van der Waals surface area contributed by atoms with Gasteiger partial charge in [-0.05, 0) is 23.8 Å². The molecule has 0 N–H and O–H groups in total. The molecular formula is C20H20N4O. The minimum Gasteiger partial charge on any atom is -0.335 e. The second-order valence-electron chi connectivity index (χ2n) is 6.32. The normalized spacial score (nSPS) is 15.4. The van der Waals surface area contributed by atoms with E-state index < -0.39 is 0 Å². The van der Waals surface area contributed by atoms with Crippen molar-refractivity contribution in [3.05, 3.63) is 72.2 Å². The van der Waals surface area contributed by atoms with Crippen LogP contribution in [0.5, 0.6) is 0 Å². The molecule has 2 aromatic heterocycles. The molecule has 1 amide bonds. The number of carbonyl (C=O) groups excluding carboxylic acids is 1. The highest BCUT2D eigenvalue weighted by molar-refractivity contribution is 5.95. The molecule has 0 radical (unpaired) electrons. The number of hydrogen-bond donors (Lipinski definition) is 0. The standard InChI is InChI=1S/C20H20N4O/c25-20(19-8-7-17-5-1-2-6-18(17)22-19)24-12-10-23(11-13-24)15-16-4-3-9-21-14-16/h1-9,14H,10-13,15H2. The van der Waals surface area contributed by atoms with Crippen molar-refractivity contribution in [2.45, 2.75) is 6.54 Å². The number of carbonyl (C=O) groups is 1. The predicted molar refractivity (Wildman–Crippen MR) is 97.2 cm³/mol. The summed E-state index contributed by atoms with van der Waals surface area (Å²) in [5, 5.41) is 1.06. The SMILES string of the molecule is O=C(c1ccc2ccccc2n1)N1CCN(Cc2cccnc2)CC1. The summed E-state index contributed by atoms with van der Waals surface area (Å²) in [4.78, 5) is 25.7. The van der Waals surface area contributed by atoms with Gasteiger partial charge in [0.05, 0.1) is 5.52 Å². The molecule has 126 valence electrons. The fourth-order valence-electron chi connectivity index (χ4n) is 3.21. The third kappa shape index (κ3) is 3.51. The van der Waals surface area contributed by atoms with Gasteiger partial charge in [0, 0.05) is 50.5 Å². The Labute approximate surface area is 146 Å². The van der Waals surface area contributed by atoms with E-state index in [4.69, 9.17) is 0 Å². The third-order valence-corrected chi connectivity index (χ3v) is 4.61. The first-order valence-electron chi connectivity index (χ1n) is 8.56. The summed E-state index contributed by atoms with van der Waals surface area (Å²) in [6.07, 6.45) is 3.69. The maximum atomic E-state index is 12.7. The minimum atomic E-state index is 0.0202. The maximum absolute atomic E-state index is 12.7. The van der Waals surface area contributed by atoms with E-state index in [1.54, 1.807) is 6.20 Å². The molecule has 0 saturated carbocycles. The Balaban J connectivity index is 1.40. The van der Waals surface area contributed by atoms with Gasteiger partial charge in [0.2, 0.25) is 0 Å². The van der Waals surface area contributed by atoms with Crippen molar-refractivity contribution < 1.29 is 4.79 Å². The van der Waals surface area contributed by atoms with Gasteiger partial charge < -0.3 is 4.90 Å². The first kappa shape index (κ1) is 15.7. The predicted octanol–water partition coefficient (Wildman–Crippen LogP) is 2.59. The van der Waals surface area contributed by atoms with Gasteiger partial charge in [-0.25, -0.2) is 4.98 Å². The van der Waals surface area contributed by atoms with Crippen molar-refractivity contribution >= 4 is 16.8 Å². The number of pyridine rings is 2. The molecule has 3 aromatic rings. The van der Waals surface area contributed by atoms with Crippen molar-refractivity contribution in [1.82, 2.24) is 19.8 Å². The van der Waals surface area contributed by atoms with E-state index in [1.165, 1.54) is 5.56 Å². The van der Waals surface area contributed by atoms with Gasteiger partial charge in [-0.15, -0.1) is 0 Å². The van der Waals surface area contributed by atoms with E-state index >= 15 is 0 Å². The molecule has 1 saturated heterocycles. The lowest BCUT2D eigenvalue weighted by Crippen LogP contribution is -2.48. The molecule has 25 heavy (non-hydrogen) atoms. The minimum absolute atomic E-state index is 0.0202. The number of para-hydroxylation sites is 1. The Hall–Kier alpha value is -2.79. The molecule has 1 fully saturated rings. The van der Waals surface area contributed by atoms with E-state index in [2.05, 4.69) is 20.9 Å². The Morgan fingerprint density at radius 3 is 2.60 bits per heavy atom. The largest absolute Gasteiger partial charge is 0.335 e. The fraction of sp³-hybridized carbons (Fsp3) is 0.250. The first-order chi connectivity index (χ1) is 12.3. The Morgan fingerprint density at radius 2 is 1.80 bits per heavy atom. The first-order valence-corrected chi connectivity index (χ1v) is 8.56. The molecule has 3 heterocycles. The Kier molecular flexibility index (Phi) is 4.39. The molecule has 5 heteroatoms. The Morgan fingerprint density at radius 1 is 0.960 bits per heavy atom. The summed E-state index contributed by atoms with van der Waals surface area (Å²) >= 11 is 0. The number of aromatic nitrogens is 2. The molecule has 0 unspecified atom stereocenters. The van der Waals surface area contributed by atoms with Crippen LogP contribution >= 0.6 is 0 Å². The molecule has 0 aliphatic carbocycles. The molecule has 1 aromatic carbocycles. The van der Waals surface area contributed by atoms with Gasteiger partial charge in [0.15, 0.2) is 0 Å². The number of rotatable bonds is 3. The highest BCUT2D eigenvalue weighted by atomic mass is 16.2. The van der Waals surface area contributed by atoms with E-state index in [1.807, 2.05) is 53.6 Å². The van der Waals surface area contributed by atoms with Gasteiger partial charge >= 0.3 is 0 Å². The highest BCUT2D eigenvalue weighted by Crippen LogP contribution is 2.15. The molecule has 4 rings (SSSR count).